The Kier molecular flexibility index (Phi) is 6.76. The molecule has 0 rings (SSSR count). The van der Waals surface area contributed by atoms with E-state index >= 15 is 0 Å². The fourth-order valence-corrected chi connectivity index (χ4v) is 0.956. The molecule has 0 atom stereocenters. The van der Waals surface area contributed by atoms with Gasteiger partial charge in [-0.15, -0.1) is 0 Å². The van der Waals surface area contributed by atoms with Crippen LogP contribution in [-0.2, 0) is 4.79 Å². The number of rotatable bonds is 7. The average molecular weight is 173 g/mol. The van der Waals surface area contributed by atoms with E-state index in [1.165, 1.54) is 6.42 Å². The van der Waals surface area contributed by atoms with E-state index in [-0.39, 0.29) is 6.42 Å². The molecule has 12 heavy (non-hydrogen) atoms. The summed E-state index contributed by atoms with van der Waals surface area (Å²) in [6.45, 7) is 5.91. The molecule has 0 bridgehead atoms. The Morgan fingerprint density at radius 1 is 1.42 bits per heavy atom. The Labute approximate surface area is 74.2 Å². The summed E-state index contributed by atoms with van der Waals surface area (Å²) in [6, 6.07) is 0. The quantitative estimate of drug-likeness (QED) is 0.573. The van der Waals surface area contributed by atoms with Crippen LogP contribution in [0.3, 0.4) is 0 Å². The highest BCUT2D eigenvalue weighted by atomic mass is 16.4. The van der Waals surface area contributed by atoms with Crippen LogP contribution < -0.4 is 5.32 Å². The number of carboxylic acid groups (broad SMARTS) is 1. The van der Waals surface area contributed by atoms with Crippen molar-refractivity contribution >= 4 is 5.97 Å². The van der Waals surface area contributed by atoms with E-state index in [0.29, 0.717) is 6.54 Å². The average Bonchev–Trinajstić information content (AvgIpc) is 1.95. The zero-order valence-corrected chi connectivity index (χ0v) is 7.97. The minimum atomic E-state index is -0.730. The molecule has 0 spiro atoms. The highest BCUT2D eigenvalue weighted by Gasteiger charge is 1.96. The van der Waals surface area contributed by atoms with Crippen molar-refractivity contribution in [2.75, 3.05) is 13.1 Å². The highest BCUT2D eigenvalue weighted by molar-refractivity contribution is 5.66. The molecule has 0 aliphatic carbocycles. The van der Waals surface area contributed by atoms with E-state index < -0.39 is 5.97 Å². The summed E-state index contributed by atoms with van der Waals surface area (Å²) in [6.07, 6.45) is 2.57. The van der Waals surface area contributed by atoms with E-state index in [9.17, 15) is 4.79 Å². The fourth-order valence-electron chi connectivity index (χ4n) is 0.956. The number of carbonyl (C=O) groups is 1. The van der Waals surface area contributed by atoms with E-state index in [1.807, 2.05) is 0 Å². The van der Waals surface area contributed by atoms with Crippen molar-refractivity contribution in [1.82, 2.24) is 5.32 Å². The van der Waals surface area contributed by atoms with Crippen molar-refractivity contribution in [3.63, 3.8) is 0 Å². The Morgan fingerprint density at radius 3 is 2.58 bits per heavy atom. The van der Waals surface area contributed by atoms with Gasteiger partial charge in [-0.3, -0.25) is 4.79 Å². The number of nitrogens with one attached hydrogen (secondary N) is 1. The minimum Gasteiger partial charge on any atom is -0.481 e. The molecule has 0 aromatic carbocycles. The molecule has 0 amide bonds. The zero-order valence-electron chi connectivity index (χ0n) is 7.97. The van der Waals surface area contributed by atoms with Crippen LogP contribution in [0.5, 0.6) is 0 Å². The maximum atomic E-state index is 10.1. The van der Waals surface area contributed by atoms with Crippen LogP contribution in [0.1, 0.15) is 33.1 Å². The molecule has 0 radical (unpaired) electrons. The summed E-state index contributed by atoms with van der Waals surface area (Å²) in [4.78, 5) is 10.1. The Hall–Kier alpha value is -0.570. The summed E-state index contributed by atoms with van der Waals surface area (Å²) in [5, 5.41) is 11.4. The van der Waals surface area contributed by atoms with Crippen molar-refractivity contribution in [3.8, 4) is 0 Å². The maximum absolute atomic E-state index is 10.1. The van der Waals surface area contributed by atoms with Crippen molar-refractivity contribution < 1.29 is 9.90 Å². The Morgan fingerprint density at radius 2 is 2.08 bits per heavy atom. The van der Waals surface area contributed by atoms with Gasteiger partial charge >= 0.3 is 5.97 Å². The van der Waals surface area contributed by atoms with E-state index in [1.54, 1.807) is 0 Å². The summed E-state index contributed by atoms with van der Waals surface area (Å²) in [7, 11) is 0. The molecule has 0 saturated carbocycles. The van der Waals surface area contributed by atoms with Crippen molar-refractivity contribution in [2.45, 2.75) is 33.1 Å². The topological polar surface area (TPSA) is 49.3 Å². The molecular formula is C9H19NO2. The van der Waals surface area contributed by atoms with Gasteiger partial charge in [0.2, 0.25) is 0 Å². The van der Waals surface area contributed by atoms with Crippen LogP contribution in [0.25, 0.3) is 0 Å². The second-order valence-corrected chi connectivity index (χ2v) is 3.43. The Balaban J connectivity index is 2.96. The molecule has 0 unspecified atom stereocenters. The van der Waals surface area contributed by atoms with Crippen LogP contribution in [0.15, 0.2) is 0 Å². The minimum absolute atomic E-state index is 0.224. The smallest absolute Gasteiger partial charge is 0.304 e. The van der Waals surface area contributed by atoms with Gasteiger partial charge in [0.25, 0.3) is 0 Å². The lowest BCUT2D eigenvalue weighted by Gasteiger charge is -2.04. The van der Waals surface area contributed by atoms with Crippen molar-refractivity contribution in [1.29, 1.82) is 0 Å². The van der Waals surface area contributed by atoms with Gasteiger partial charge in [0.1, 0.15) is 0 Å². The largest absolute Gasteiger partial charge is 0.481 e. The van der Waals surface area contributed by atoms with Gasteiger partial charge in [0.15, 0.2) is 0 Å². The van der Waals surface area contributed by atoms with Gasteiger partial charge in [0.05, 0.1) is 6.42 Å². The molecular weight excluding hydrogens is 154 g/mol. The normalized spacial score (nSPS) is 10.6. The van der Waals surface area contributed by atoms with E-state index in [0.717, 1.165) is 18.9 Å². The van der Waals surface area contributed by atoms with Crippen LogP contribution in [-0.4, -0.2) is 24.2 Å². The van der Waals surface area contributed by atoms with Crippen molar-refractivity contribution in [3.05, 3.63) is 0 Å². The first-order valence-corrected chi connectivity index (χ1v) is 4.55. The monoisotopic (exact) mass is 173 g/mol. The van der Waals surface area contributed by atoms with E-state index in [4.69, 9.17) is 5.11 Å². The van der Waals surface area contributed by atoms with Gasteiger partial charge in [-0.1, -0.05) is 13.8 Å². The van der Waals surface area contributed by atoms with E-state index in [2.05, 4.69) is 19.2 Å². The molecule has 0 heterocycles. The summed E-state index contributed by atoms with van der Waals surface area (Å²) < 4.78 is 0. The molecule has 0 aliphatic heterocycles. The third-order valence-corrected chi connectivity index (χ3v) is 1.65. The highest BCUT2D eigenvalue weighted by Crippen LogP contribution is 2.01. The van der Waals surface area contributed by atoms with Gasteiger partial charge < -0.3 is 10.4 Å². The predicted molar refractivity (Wildman–Crippen MR) is 49.2 cm³/mol. The second kappa shape index (κ2) is 7.10. The van der Waals surface area contributed by atoms with Gasteiger partial charge in [0, 0.05) is 6.54 Å². The molecule has 0 aliphatic rings. The summed E-state index contributed by atoms with van der Waals surface area (Å²) in [5.41, 5.74) is 0. The maximum Gasteiger partial charge on any atom is 0.304 e. The molecule has 0 aromatic heterocycles. The van der Waals surface area contributed by atoms with Crippen LogP contribution >= 0.6 is 0 Å². The fraction of sp³-hybridized carbons (Fsp3) is 0.889. The first-order valence-electron chi connectivity index (χ1n) is 4.55. The SMILES string of the molecule is CC(C)CCCNCCC(=O)O. The molecule has 0 fully saturated rings. The molecule has 0 aromatic rings. The lowest BCUT2D eigenvalue weighted by Crippen LogP contribution is -2.19. The van der Waals surface area contributed by atoms with Crippen LogP contribution in [0, 0.1) is 5.92 Å². The first-order chi connectivity index (χ1) is 5.63. The lowest BCUT2D eigenvalue weighted by molar-refractivity contribution is -0.136. The number of carboxylic acids is 1. The Bertz CT molecular complexity index is 124. The summed E-state index contributed by atoms with van der Waals surface area (Å²) in [5.74, 6) is 0.0117. The second-order valence-electron chi connectivity index (χ2n) is 3.43. The number of hydrogen-bond donors (Lipinski definition) is 2. The standard InChI is InChI=1S/C9H19NO2/c1-8(2)4-3-6-10-7-5-9(11)12/h8,10H,3-7H2,1-2H3,(H,11,12). The predicted octanol–water partition coefficient (Wildman–Crippen LogP) is 1.49. The number of aliphatic carboxylic acids is 1. The molecule has 72 valence electrons. The molecule has 0 saturated heterocycles. The molecule has 2 N–H and O–H groups in total. The molecule has 3 heteroatoms. The van der Waals surface area contributed by atoms with Crippen molar-refractivity contribution in [2.24, 2.45) is 5.92 Å². The third-order valence-electron chi connectivity index (χ3n) is 1.65. The summed E-state index contributed by atoms with van der Waals surface area (Å²) >= 11 is 0. The number of hydrogen-bond acceptors (Lipinski definition) is 2. The lowest BCUT2D eigenvalue weighted by atomic mass is 10.1. The first kappa shape index (κ1) is 11.4. The third kappa shape index (κ3) is 9.43. The van der Waals surface area contributed by atoms with Gasteiger partial charge in [-0.05, 0) is 25.3 Å². The van der Waals surface area contributed by atoms with Crippen LogP contribution in [0.2, 0.25) is 0 Å². The zero-order chi connectivity index (χ0) is 9.40. The molecule has 3 nitrogen and oxygen atoms in total. The van der Waals surface area contributed by atoms with Gasteiger partial charge in [-0.25, -0.2) is 0 Å². The van der Waals surface area contributed by atoms with Crippen LogP contribution in [0.4, 0.5) is 0 Å². The van der Waals surface area contributed by atoms with Gasteiger partial charge in [-0.2, -0.15) is 0 Å².